The number of nitrogens with two attached hydrogens (primary N) is 1. The Bertz CT molecular complexity index is 1710. The summed E-state index contributed by atoms with van der Waals surface area (Å²) in [5.41, 5.74) is 2.94. The summed E-state index contributed by atoms with van der Waals surface area (Å²) in [5, 5.41) is 40.8. The number of phosphoric ester groups is 2. The number of aliphatic hydroxyl groups excluding tert-OH is 4. The largest absolute Gasteiger partial charge is 0.490 e. The van der Waals surface area contributed by atoms with Gasteiger partial charge in [0, 0.05) is 24.0 Å². The number of phosphoric acid groups is 3. The van der Waals surface area contributed by atoms with Gasteiger partial charge in [-0.15, -0.1) is 0 Å². The molecule has 11 N–H and O–H groups in total. The van der Waals surface area contributed by atoms with E-state index < -0.39 is 103 Å². The number of nitrogen functional groups attached to an aromatic ring is 1. The van der Waals surface area contributed by atoms with E-state index in [-0.39, 0.29) is 11.4 Å². The highest BCUT2D eigenvalue weighted by Gasteiger charge is 2.49. The quantitative estimate of drug-likeness (QED) is 0.0940. The first-order valence-corrected chi connectivity index (χ1v) is 16.7. The number of aromatic amines is 2. The van der Waals surface area contributed by atoms with E-state index in [9.17, 15) is 63.2 Å². The minimum atomic E-state index is -5.97. The SMILES string of the molecule is Nc1[nH]c(=O)ncc1[C@@H]1O[C@H](COP(=O)(O)OP(=O)(O)OP(=O)(O)OC[C@H]2O[C@H](n3ccc(=O)[nH]c3=O)[C@H](O)[C@@H]2O)[C@@H](O)[C@H]1O. The molecule has 252 valence electrons. The molecule has 2 aliphatic rings. The van der Waals surface area contributed by atoms with Crippen LogP contribution < -0.4 is 22.7 Å². The molecule has 4 heterocycles. The molecule has 2 fully saturated rings. The lowest BCUT2D eigenvalue weighted by Crippen LogP contribution is -2.37. The molecule has 4 rings (SSSR count). The van der Waals surface area contributed by atoms with Crippen LogP contribution in [-0.2, 0) is 40.8 Å². The summed E-state index contributed by atoms with van der Waals surface area (Å²) in [6.45, 7) is -2.20. The Balaban J connectivity index is 1.31. The van der Waals surface area contributed by atoms with E-state index >= 15 is 0 Å². The summed E-state index contributed by atoms with van der Waals surface area (Å²) in [7, 11) is -17.3. The molecular formula is C18H26N5O19P3. The van der Waals surface area contributed by atoms with Gasteiger partial charge in [-0.1, -0.05) is 0 Å². The number of hydrogen-bond donors (Lipinski definition) is 10. The van der Waals surface area contributed by atoms with Crippen LogP contribution in [-0.4, -0.2) is 104 Å². The van der Waals surface area contributed by atoms with Crippen molar-refractivity contribution in [2.24, 2.45) is 0 Å². The highest BCUT2D eigenvalue weighted by atomic mass is 31.3. The van der Waals surface area contributed by atoms with Crippen LogP contribution in [0.4, 0.5) is 5.82 Å². The number of anilines is 1. The van der Waals surface area contributed by atoms with Crippen LogP contribution in [0.15, 0.2) is 32.8 Å². The number of aliphatic hydroxyl groups is 4. The second kappa shape index (κ2) is 13.3. The average molecular weight is 709 g/mol. The van der Waals surface area contributed by atoms with Crippen LogP contribution in [0.1, 0.15) is 17.9 Å². The maximum Gasteiger partial charge on any atom is 0.490 e. The summed E-state index contributed by atoms with van der Waals surface area (Å²) in [6.07, 6.45) is -11.6. The van der Waals surface area contributed by atoms with E-state index in [0.717, 1.165) is 18.5 Å². The van der Waals surface area contributed by atoms with E-state index in [2.05, 4.69) is 27.6 Å². The monoisotopic (exact) mass is 709 g/mol. The first-order valence-electron chi connectivity index (χ1n) is 12.2. The second-order valence-electron chi connectivity index (χ2n) is 9.36. The molecule has 2 aliphatic heterocycles. The Morgan fingerprint density at radius 3 is 1.96 bits per heavy atom. The van der Waals surface area contributed by atoms with Crippen LogP contribution >= 0.6 is 23.5 Å². The zero-order chi connectivity index (χ0) is 33.5. The maximum atomic E-state index is 12.3. The standard InChI is InChI=1S/C18H26N5O19P3/c19-15-6(3-20-17(29)22-15)14-12(27)10(25)7(39-14)4-37-43(31,32)41-45(35,36)42-44(33,34)38-5-8-11(26)13(28)16(40-8)23-2-1-9(24)21-18(23)30/h1-3,7-8,10-14,16,25-28H,4-5H2,(H,31,32)(H,33,34)(H,35,36)(H,21,24,30)(H3,19,20,22,29)/t7-,8-,10-,11-,12-,13-,14+,16+/m1/s1. The Morgan fingerprint density at radius 2 is 1.40 bits per heavy atom. The van der Waals surface area contributed by atoms with Gasteiger partial charge in [0.25, 0.3) is 5.56 Å². The van der Waals surface area contributed by atoms with Crippen molar-refractivity contribution < 1.29 is 75.9 Å². The molecule has 2 saturated heterocycles. The van der Waals surface area contributed by atoms with Gasteiger partial charge < -0.3 is 50.3 Å². The normalized spacial score (nSPS) is 32.5. The number of nitrogens with zero attached hydrogens (tertiary/aromatic N) is 2. The van der Waals surface area contributed by atoms with Crippen molar-refractivity contribution in [2.75, 3.05) is 18.9 Å². The molecule has 45 heavy (non-hydrogen) atoms. The van der Waals surface area contributed by atoms with Crippen LogP contribution in [0.2, 0.25) is 0 Å². The number of hydrogen-bond acceptors (Lipinski definition) is 18. The van der Waals surface area contributed by atoms with Gasteiger partial charge in [0.15, 0.2) is 6.23 Å². The molecule has 0 aromatic carbocycles. The van der Waals surface area contributed by atoms with E-state index in [1.165, 1.54) is 0 Å². The number of aromatic nitrogens is 4. The van der Waals surface area contributed by atoms with Gasteiger partial charge in [-0.05, 0) is 0 Å². The van der Waals surface area contributed by atoms with Gasteiger partial charge in [-0.2, -0.15) is 8.62 Å². The van der Waals surface area contributed by atoms with Gasteiger partial charge in [-0.3, -0.25) is 28.4 Å². The third kappa shape index (κ3) is 8.47. The molecule has 2 aromatic heterocycles. The minimum absolute atomic E-state index is 0.0649. The Kier molecular flexibility index (Phi) is 10.5. The molecule has 24 nitrogen and oxygen atoms in total. The van der Waals surface area contributed by atoms with Gasteiger partial charge in [-0.25, -0.2) is 28.3 Å². The predicted octanol–water partition coefficient (Wildman–Crippen LogP) is -3.95. The molecule has 2 aromatic rings. The zero-order valence-corrected chi connectivity index (χ0v) is 24.8. The Hall–Kier alpha value is -2.47. The maximum absolute atomic E-state index is 12.3. The lowest BCUT2D eigenvalue weighted by molar-refractivity contribution is -0.0542. The molecule has 3 unspecified atom stereocenters. The van der Waals surface area contributed by atoms with E-state index in [4.69, 9.17) is 15.2 Å². The Morgan fingerprint density at radius 1 is 0.844 bits per heavy atom. The van der Waals surface area contributed by atoms with Crippen molar-refractivity contribution in [3.05, 3.63) is 55.3 Å². The third-order valence-electron chi connectivity index (χ3n) is 6.22. The van der Waals surface area contributed by atoms with E-state index in [0.29, 0.717) is 4.57 Å². The van der Waals surface area contributed by atoms with E-state index in [1.807, 2.05) is 4.98 Å². The van der Waals surface area contributed by atoms with Crippen molar-refractivity contribution in [3.63, 3.8) is 0 Å². The van der Waals surface area contributed by atoms with Crippen LogP contribution in [0, 0.1) is 0 Å². The number of H-pyrrole nitrogens is 2. The van der Waals surface area contributed by atoms with Crippen LogP contribution in [0.3, 0.4) is 0 Å². The van der Waals surface area contributed by atoms with Gasteiger partial charge in [0.1, 0.15) is 48.5 Å². The number of ether oxygens (including phenoxy) is 2. The van der Waals surface area contributed by atoms with E-state index in [1.54, 1.807) is 0 Å². The van der Waals surface area contributed by atoms with Crippen LogP contribution in [0.5, 0.6) is 0 Å². The van der Waals surface area contributed by atoms with Crippen molar-refractivity contribution in [2.45, 2.75) is 49.0 Å². The zero-order valence-electron chi connectivity index (χ0n) is 22.1. The minimum Gasteiger partial charge on any atom is -0.387 e. The molecule has 27 heteroatoms. The summed E-state index contributed by atoms with van der Waals surface area (Å²) in [4.78, 5) is 71.3. The lowest BCUT2D eigenvalue weighted by atomic mass is 10.0. The van der Waals surface area contributed by atoms with Gasteiger partial charge in [0.2, 0.25) is 0 Å². The van der Waals surface area contributed by atoms with Crippen molar-refractivity contribution in [3.8, 4) is 0 Å². The lowest BCUT2D eigenvalue weighted by Gasteiger charge is -2.21. The fourth-order valence-electron chi connectivity index (χ4n) is 4.17. The number of nitrogens with one attached hydrogen (secondary N) is 2. The van der Waals surface area contributed by atoms with Gasteiger partial charge >= 0.3 is 34.8 Å². The smallest absolute Gasteiger partial charge is 0.387 e. The first-order chi connectivity index (χ1) is 20.8. The summed E-state index contributed by atoms with van der Waals surface area (Å²) < 4.78 is 64.8. The molecule has 0 bridgehead atoms. The fraction of sp³-hybridized carbons (Fsp3) is 0.556. The van der Waals surface area contributed by atoms with Gasteiger partial charge in [0.05, 0.1) is 13.2 Å². The number of rotatable bonds is 12. The molecule has 0 spiro atoms. The third-order valence-corrected chi connectivity index (χ3v) is 10.5. The molecule has 11 atom stereocenters. The molecule has 0 aliphatic carbocycles. The molecule has 0 amide bonds. The average Bonchev–Trinajstić information content (AvgIpc) is 3.35. The van der Waals surface area contributed by atoms with Crippen molar-refractivity contribution in [1.82, 2.24) is 19.5 Å². The summed E-state index contributed by atoms with van der Waals surface area (Å²) >= 11 is 0. The molecule has 0 saturated carbocycles. The van der Waals surface area contributed by atoms with Crippen molar-refractivity contribution >= 4 is 29.3 Å². The first kappa shape index (κ1) is 35.4. The fourth-order valence-corrected chi connectivity index (χ4v) is 7.69. The second-order valence-corrected chi connectivity index (χ2v) is 14.0. The summed E-state index contributed by atoms with van der Waals surface area (Å²) in [6, 6.07) is 0.900. The topological polar surface area (TPSA) is 375 Å². The Labute approximate surface area is 248 Å². The highest BCUT2D eigenvalue weighted by Crippen LogP contribution is 2.67. The van der Waals surface area contributed by atoms with Crippen LogP contribution in [0.25, 0.3) is 0 Å². The van der Waals surface area contributed by atoms with Crippen molar-refractivity contribution in [1.29, 1.82) is 0 Å². The summed E-state index contributed by atoms with van der Waals surface area (Å²) in [5.74, 6) is -0.271. The molecular weight excluding hydrogens is 683 g/mol. The molecule has 0 radical (unpaired) electrons. The predicted molar refractivity (Wildman–Crippen MR) is 140 cm³/mol. The highest BCUT2D eigenvalue weighted by molar-refractivity contribution is 7.66.